The molecule has 0 aromatic carbocycles. The summed E-state index contributed by atoms with van der Waals surface area (Å²) in [6.07, 6.45) is 6.84. The summed E-state index contributed by atoms with van der Waals surface area (Å²) in [6.45, 7) is 13.6. The fourth-order valence-corrected chi connectivity index (χ4v) is 2.85. The van der Waals surface area contributed by atoms with E-state index < -0.39 is 12.0 Å². The molecule has 0 saturated heterocycles. The van der Waals surface area contributed by atoms with E-state index in [-0.39, 0.29) is 33.3 Å². The van der Waals surface area contributed by atoms with Gasteiger partial charge in [0.2, 0.25) is 11.8 Å². The van der Waals surface area contributed by atoms with Crippen molar-refractivity contribution in [2.75, 3.05) is 6.54 Å². The molecule has 0 aliphatic rings. The van der Waals surface area contributed by atoms with E-state index in [1.54, 1.807) is 0 Å². The number of rotatable bonds is 13. The lowest BCUT2D eigenvalue weighted by atomic mass is 9.89. The average molecular weight is 405 g/mol. The smallest absolute Gasteiger partial charge is 0.326 e. The first-order chi connectivity index (χ1) is 12.8. The Kier molecular flexibility index (Phi) is 12.1. The summed E-state index contributed by atoms with van der Waals surface area (Å²) < 4.78 is 0. The number of carboxylic acid groups (broad SMARTS) is 1. The number of hydrogen-bond acceptors (Lipinski definition) is 3. The van der Waals surface area contributed by atoms with Gasteiger partial charge in [-0.2, -0.15) is 0 Å². The van der Waals surface area contributed by atoms with Gasteiger partial charge in [-0.1, -0.05) is 60.8 Å². The molecule has 6 nitrogen and oxygen atoms in total. The molecule has 0 saturated carbocycles. The fraction of sp³-hybridized carbons (Fsp3) is 0.864. The molecule has 0 aromatic heterocycles. The van der Waals surface area contributed by atoms with Crippen LogP contribution in [0.4, 0.5) is 0 Å². The van der Waals surface area contributed by atoms with Crippen molar-refractivity contribution in [3.8, 4) is 0 Å². The molecule has 0 radical (unpaired) electrons. The van der Waals surface area contributed by atoms with Gasteiger partial charge in [0.15, 0.2) is 0 Å². The predicted molar refractivity (Wildman–Crippen MR) is 119 cm³/mol. The van der Waals surface area contributed by atoms with Crippen molar-refractivity contribution in [2.24, 2.45) is 10.8 Å². The summed E-state index contributed by atoms with van der Waals surface area (Å²) in [6, 6.07) is -1.17. The van der Waals surface area contributed by atoms with Crippen LogP contribution >= 0.6 is 0 Å². The van der Waals surface area contributed by atoms with Crippen molar-refractivity contribution in [2.45, 2.75) is 105 Å². The highest BCUT2D eigenvalue weighted by molar-refractivity contribution is 5.88. The third kappa shape index (κ3) is 16.6. The lowest BCUT2D eigenvalue weighted by Gasteiger charge is -2.18. The van der Waals surface area contributed by atoms with Gasteiger partial charge >= 0.3 is 5.97 Å². The van der Waals surface area contributed by atoms with Crippen LogP contribution in [0.5, 0.6) is 0 Å². The molecule has 0 spiro atoms. The van der Waals surface area contributed by atoms with E-state index >= 15 is 0 Å². The Labute approximate surface area is 175 Å². The van der Waals surface area contributed by atoms with Crippen LogP contribution in [0, 0.1) is 10.8 Å². The Morgan fingerprint density at radius 3 is 1.86 bits per heavy atom. The molecule has 0 aliphatic heterocycles. The number of carbonyl (C=O) groups excluding carboxylic acids is 2. The minimum Gasteiger partial charge on any atom is -0.480 e. The van der Waals surface area contributed by atoms with Gasteiger partial charge < -0.3 is 15.7 Å². The van der Waals surface area contributed by atoms with E-state index in [2.05, 4.69) is 52.2 Å². The van der Waals surface area contributed by atoms with Gasteiger partial charge in [-0.25, -0.2) is 4.79 Å². The summed E-state index contributed by atoms with van der Waals surface area (Å²) in [7, 11) is 0. The topological polar surface area (TPSA) is 95.5 Å². The Hall–Kier alpha value is -1.59. The molecule has 1 atom stereocenters. The van der Waals surface area contributed by atoms with Gasteiger partial charge in [0.25, 0.3) is 0 Å². The molecule has 0 bridgehead atoms. The summed E-state index contributed by atoms with van der Waals surface area (Å²) >= 11 is 0. The van der Waals surface area contributed by atoms with E-state index in [9.17, 15) is 19.5 Å². The van der Waals surface area contributed by atoms with Crippen LogP contribution in [0.25, 0.3) is 0 Å². The number of unbranched alkanes of at least 4 members (excludes halogenated alkanes) is 3. The van der Waals surface area contributed by atoms with E-state index in [1.165, 1.54) is 0 Å². The Morgan fingerprint density at radius 2 is 1.36 bits per heavy atom. The number of carboxylic acids is 1. The van der Waals surface area contributed by atoms with Crippen LogP contribution in [0.2, 0.25) is 0 Å². The van der Waals surface area contributed by atoms with Gasteiger partial charge in [0.05, 0.1) is 6.42 Å². The highest BCUT2D eigenvalue weighted by atomic mass is 16.4. The number of hydrogen-bond donors (Lipinski definition) is 3. The van der Waals surface area contributed by atoms with Crippen LogP contribution in [0.15, 0.2) is 0 Å². The summed E-state index contributed by atoms with van der Waals surface area (Å²) in [4.78, 5) is 35.3. The van der Waals surface area contributed by atoms with Crippen molar-refractivity contribution in [1.82, 2.24) is 10.6 Å². The van der Waals surface area contributed by atoms with Gasteiger partial charge in [0.1, 0.15) is 6.04 Å². The minimum absolute atomic E-state index is 0. The summed E-state index contributed by atoms with van der Waals surface area (Å²) in [5.41, 5.74) is 0.562. The molecular weight excluding hydrogens is 356 g/mol. The highest BCUT2D eigenvalue weighted by Crippen LogP contribution is 2.22. The van der Waals surface area contributed by atoms with Crippen molar-refractivity contribution in [3.63, 3.8) is 0 Å². The summed E-state index contributed by atoms with van der Waals surface area (Å²) in [5.74, 6) is -1.82. The van der Waals surface area contributed by atoms with Crippen LogP contribution < -0.4 is 10.6 Å². The zero-order chi connectivity index (χ0) is 21.8. The maximum absolute atomic E-state index is 12.0. The second-order valence-electron chi connectivity index (χ2n) is 10.2. The van der Waals surface area contributed by atoms with Crippen molar-refractivity contribution >= 4 is 17.8 Å². The van der Waals surface area contributed by atoms with Crippen LogP contribution in [-0.4, -0.2) is 35.5 Å². The van der Waals surface area contributed by atoms with Gasteiger partial charge in [0, 0.05) is 17.2 Å². The zero-order valence-corrected chi connectivity index (χ0v) is 18.8. The highest BCUT2D eigenvalue weighted by Gasteiger charge is 2.23. The van der Waals surface area contributed by atoms with Crippen LogP contribution in [0.1, 0.15) is 104 Å². The van der Waals surface area contributed by atoms with Gasteiger partial charge in [-0.05, 0) is 36.5 Å². The van der Waals surface area contributed by atoms with Crippen molar-refractivity contribution in [3.05, 3.63) is 0 Å². The number of carbonyl (C=O) groups is 3. The van der Waals surface area contributed by atoms with Gasteiger partial charge in [-0.3, -0.25) is 9.59 Å². The second-order valence-corrected chi connectivity index (χ2v) is 10.2. The first-order valence-electron chi connectivity index (χ1n) is 10.6. The molecule has 2 amide bonds. The number of amides is 2. The van der Waals surface area contributed by atoms with E-state index in [0.717, 1.165) is 44.9 Å². The van der Waals surface area contributed by atoms with E-state index in [4.69, 9.17) is 0 Å². The third-order valence-corrected chi connectivity index (χ3v) is 4.53. The SMILES string of the molecule is CC(C)(C)CCCCCC(=O)N[C@@H](CC(=O)NCCCCC(C)(C)C)C(=O)O.[HH].[HH].[HH]. The molecular formula is C22H48N2O4. The normalized spacial score (nSPS) is 13.1. The first kappa shape index (κ1) is 26.4. The molecule has 0 rings (SSSR count). The lowest BCUT2D eigenvalue weighted by Crippen LogP contribution is -2.44. The molecule has 0 fully saturated rings. The molecule has 0 aliphatic carbocycles. The molecule has 0 aromatic rings. The molecule has 28 heavy (non-hydrogen) atoms. The maximum atomic E-state index is 12.0. The minimum atomic E-state index is -1.18. The molecule has 3 N–H and O–H groups in total. The molecule has 170 valence electrons. The number of nitrogens with one attached hydrogen (secondary N) is 2. The first-order valence-corrected chi connectivity index (χ1v) is 10.6. The predicted octanol–water partition coefficient (Wildman–Crippen LogP) is 5.01. The molecule has 0 heterocycles. The maximum Gasteiger partial charge on any atom is 0.326 e. The average Bonchev–Trinajstić information content (AvgIpc) is 2.51. The monoisotopic (exact) mass is 404 g/mol. The Morgan fingerprint density at radius 1 is 0.821 bits per heavy atom. The molecule has 0 unspecified atom stereocenters. The third-order valence-electron chi connectivity index (χ3n) is 4.53. The largest absolute Gasteiger partial charge is 0.480 e. The van der Waals surface area contributed by atoms with Gasteiger partial charge in [-0.15, -0.1) is 0 Å². The fourth-order valence-electron chi connectivity index (χ4n) is 2.85. The Bertz CT molecular complexity index is 466. The van der Waals surface area contributed by atoms with E-state index in [1.807, 2.05) is 0 Å². The van der Waals surface area contributed by atoms with E-state index in [0.29, 0.717) is 13.0 Å². The lowest BCUT2D eigenvalue weighted by molar-refractivity contribution is -0.143. The zero-order valence-electron chi connectivity index (χ0n) is 18.8. The van der Waals surface area contributed by atoms with Crippen molar-refractivity contribution < 1.29 is 23.8 Å². The van der Waals surface area contributed by atoms with Crippen molar-refractivity contribution in [1.29, 1.82) is 0 Å². The van der Waals surface area contributed by atoms with Crippen LogP contribution in [0.3, 0.4) is 0 Å². The standard InChI is InChI=1S/C22H42N2O4.3H2/c1-21(2,3)13-9-7-8-12-18(25)24-17(20(27)28)16-19(26)23-15-11-10-14-22(4,5)6;;;/h17H,7-16H2,1-6H3,(H,23,26)(H,24,25)(H,27,28);3*1H/t17-;;;/m0.../s1. The Balaban J connectivity index is -0.00000121. The second kappa shape index (κ2) is 12.8. The quantitative estimate of drug-likeness (QED) is 0.376. The summed E-state index contributed by atoms with van der Waals surface area (Å²) in [5, 5.41) is 14.5. The number of aliphatic carboxylic acids is 1. The van der Waals surface area contributed by atoms with Crippen LogP contribution in [-0.2, 0) is 14.4 Å². The molecule has 6 heteroatoms.